The van der Waals surface area contributed by atoms with Crippen molar-refractivity contribution < 1.29 is 0 Å². The van der Waals surface area contributed by atoms with Crippen LogP contribution in [-0.2, 0) is 0 Å². The Hall–Kier alpha value is 0.790. The van der Waals surface area contributed by atoms with Crippen molar-refractivity contribution in [3.05, 3.63) is 20.4 Å². The molecular formula is C5H4Br2S. The topological polar surface area (TPSA) is 0 Å². The molecule has 0 unspecified atom stereocenters. The second-order valence-electron chi connectivity index (χ2n) is 1.39. The third kappa shape index (κ3) is 1.64. The number of rotatable bonds is 0. The SMILES string of the molecule is BrC=C1C=C(Br)CS1. The Bertz CT molecular complexity index is 149. The number of hydrogen-bond donors (Lipinski definition) is 0. The highest BCUT2D eigenvalue weighted by Gasteiger charge is 2.04. The van der Waals surface area contributed by atoms with Crippen molar-refractivity contribution in [3.8, 4) is 0 Å². The van der Waals surface area contributed by atoms with Crippen molar-refractivity contribution in [2.45, 2.75) is 0 Å². The molecule has 1 rings (SSSR count). The normalized spacial score (nSPS) is 24.2. The van der Waals surface area contributed by atoms with E-state index >= 15 is 0 Å². The van der Waals surface area contributed by atoms with E-state index in [1.165, 1.54) is 9.39 Å². The molecule has 0 fully saturated rings. The zero-order chi connectivity index (χ0) is 5.98. The Morgan fingerprint density at radius 1 is 1.75 bits per heavy atom. The maximum atomic E-state index is 3.40. The highest BCUT2D eigenvalue weighted by molar-refractivity contribution is 9.12. The smallest absolute Gasteiger partial charge is 0.0298 e. The van der Waals surface area contributed by atoms with Crippen molar-refractivity contribution in [2.24, 2.45) is 0 Å². The van der Waals surface area contributed by atoms with Crippen molar-refractivity contribution >= 4 is 43.6 Å². The second-order valence-corrected chi connectivity index (χ2v) is 3.92. The Morgan fingerprint density at radius 2 is 2.50 bits per heavy atom. The van der Waals surface area contributed by atoms with Crippen LogP contribution in [-0.4, -0.2) is 5.75 Å². The van der Waals surface area contributed by atoms with Crippen LogP contribution < -0.4 is 0 Å². The van der Waals surface area contributed by atoms with Crippen molar-refractivity contribution in [3.63, 3.8) is 0 Å². The molecule has 1 aliphatic rings. The Morgan fingerprint density at radius 3 is 2.75 bits per heavy atom. The summed E-state index contributed by atoms with van der Waals surface area (Å²) in [6, 6.07) is 0. The van der Waals surface area contributed by atoms with Gasteiger partial charge in [0.1, 0.15) is 0 Å². The zero-order valence-electron chi connectivity index (χ0n) is 4.03. The van der Waals surface area contributed by atoms with Gasteiger partial charge in [0.05, 0.1) is 0 Å². The molecule has 0 aromatic carbocycles. The summed E-state index contributed by atoms with van der Waals surface area (Å²) < 4.78 is 1.27. The van der Waals surface area contributed by atoms with Crippen LogP contribution in [0.2, 0.25) is 0 Å². The van der Waals surface area contributed by atoms with E-state index in [1.54, 1.807) is 0 Å². The van der Waals surface area contributed by atoms with E-state index in [-0.39, 0.29) is 0 Å². The fourth-order valence-corrected chi connectivity index (χ4v) is 2.40. The first-order chi connectivity index (χ1) is 3.83. The molecule has 0 N–H and O–H groups in total. The van der Waals surface area contributed by atoms with Crippen LogP contribution in [0.1, 0.15) is 0 Å². The summed E-state index contributed by atoms with van der Waals surface area (Å²) >= 11 is 8.48. The van der Waals surface area contributed by atoms with Gasteiger partial charge in [0, 0.05) is 15.1 Å². The first-order valence-electron chi connectivity index (χ1n) is 2.12. The van der Waals surface area contributed by atoms with Gasteiger partial charge in [0.15, 0.2) is 0 Å². The summed E-state index contributed by atoms with van der Waals surface area (Å²) in [4.78, 5) is 3.23. The molecule has 0 radical (unpaired) electrons. The van der Waals surface area contributed by atoms with Gasteiger partial charge < -0.3 is 0 Å². The molecule has 44 valence electrons. The molecule has 0 spiro atoms. The van der Waals surface area contributed by atoms with Crippen LogP contribution in [0.15, 0.2) is 20.4 Å². The number of thioether (sulfide) groups is 1. The van der Waals surface area contributed by atoms with E-state index in [0.717, 1.165) is 5.75 Å². The van der Waals surface area contributed by atoms with Crippen LogP contribution in [0, 0.1) is 0 Å². The van der Waals surface area contributed by atoms with Gasteiger partial charge in [-0.15, -0.1) is 11.8 Å². The van der Waals surface area contributed by atoms with Crippen molar-refractivity contribution in [1.82, 2.24) is 0 Å². The fraction of sp³-hybridized carbons (Fsp3) is 0.200. The van der Waals surface area contributed by atoms with Crippen LogP contribution >= 0.6 is 43.6 Å². The van der Waals surface area contributed by atoms with E-state index < -0.39 is 0 Å². The first-order valence-corrected chi connectivity index (χ1v) is 4.81. The molecule has 1 aliphatic heterocycles. The average molecular weight is 256 g/mol. The van der Waals surface area contributed by atoms with Crippen LogP contribution in [0.4, 0.5) is 0 Å². The van der Waals surface area contributed by atoms with Crippen LogP contribution in [0.5, 0.6) is 0 Å². The van der Waals surface area contributed by atoms with Gasteiger partial charge >= 0.3 is 0 Å². The highest BCUT2D eigenvalue weighted by atomic mass is 79.9. The standard InChI is InChI=1S/C5H4Br2S/c6-2-5-1-4(7)3-8-5/h1-2H,3H2. The lowest BCUT2D eigenvalue weighted by atomic mass is 10.5. The van der Waals surface area contributed by atoms with Gasteiger partial charge in [0.25, 0.3) is 0 Å². The highest BCUT2D eigenvalue weighted by Crippen LogP contribution is 2.32. The predicted molar refractivity (Wildman–Crippen MR) is 46.5 cm³/mol. The first kappa shape index (κ1) is 6.90. The predicted octanol–water partition coefficient (Wildman–Crippen LogP) is 3.25. The molecule has 0 aromatic rings. The van der Waals surface area contributed by atoms with Gasteiger partial charge in [-0.2, -0.15) is 0 Å². The Labute approximate surface area is 69.7 Å². The van der Waals surface area contributed by atoms with Gasteiger partial charge in [-0.3, -0.25) is 0 Å². The zero-order valence-corrected chi connectivity index (χ0v) is 8.01. The number of hydrogen-bond acceptors (Lipinski definition) is 1. The third-order valence-corrected chi connectivity index (χ3v) is 3.48. The molecule has 8 heavy (non-hydrogen) atoms. The molecule has 0 amide bonds. The van der Waals surface area contributed by atoms with E-state index in [4.69, 9.17) is 0 Å². The largest absolute Gasteiger partial charge is 0.120 e. The lowest BCUT2D eigenvalue weighted by Crippen LogP contribution is -1.60. The van der Waals surface area contributed by atoms with Gasteiger partial charge in [-0.05, 0) is 11.1 Å². The molecular weight excluding hydrogens is 252 g/mol. The quantitative estimate of drug-likeness (QED) is 0.641. The third-order valence-electron chi connectivity index (χ3n) is 0.783. The molecule has 1 heterocycles. The van der Waals surface area contributed by atoms with Crippen LogP contribution in [0.3, 0.4) is 0 Å². The lowest BCUT2D eigenvalue weighted by Gasteiger charge is -1.82. The minimum absolute atomic E-state index is 1.08. The Balaban J connectivity index is 2.67. The molecule has 3 heteroatoms. The molecule has 0 nitrogen and oxygen atoms in total. The lowest BCUT2D eigenvalue weighted by molar-refractivity contribution is 1.78. The maximum absolute atomic E-state index is 3.40. The molecule has 0 aromatic heterocycles. The summed E-state index contributed by atoms with van der Waals surface area (Å²) in [7, 11) is 0. The summed E-state index contributed by atoms with van der Waals surface area (Å²) in [5, 5.41) is 0. The Kier molecular flexibility index (Phi) is 2.66. The van der Waals surface area contributed by atoms with E-state index in [1.807, 2.05) is 16.7 Å². The average Bonchev–Trinajstić information content (AvgIpc) is 2.14. The second kappa shape index (κ2) is 3.08. The molecule has 0 saturated heterocycles. The van der Waals surface area contributed by atoms with Crippen molar-refractivity contribution in [1.29, 1.82) is 0 Å². The fourth-order valence-electron chi connectivity index (χ4n) is 0.453. The molecule has 0 aliphatic carbocycles. The van der Waals surface area contributed by atoms with E-state index in [0.29, 0.717) is 0 Å². The summed E-state index contributed by atoms with van der Waals surface area (Å²) in [6.45, 7) is 0. The van der Waals surface area contributed by atoms with Crippen molar-refractivity contribution in [2.75, 3.05) is 5.75 Å². The minimum atomic E-state index is 1.08. The maximum Gasteiger partial charge on any atom is 0.0298 e. The molecule has 0 atom stereocenters. The van der Waals surface area contributed by atoms with Gasteiger partial charge in [-0.25, -0.2) is 0 Å². The number of allylic oxidation sites excluding steroid dienone is 1. The summed E-state index contributed by atoms with van der Waals surface area (Å²) in [5.74, 6) is 1.08. The molecule has 0 bridgehead atoms. The molecule has 0 saturated carbocycles. The number of halogens is 2. The summed E-state index contributed by atoms with van der Waals surface area (Å²) in [6.07, 6.45) is 2.11. The minimum Gasteiger partial charge on any atom is -0.120 e. The summed E-state index contributed by atoms with van der Waals surface area (Å²) in [5.41, 5.74) is 0. The van der Waals surface area contributed by atoms with Crippen LogP contribution in [0.25, 0.3) is 0 Å². The van der Waals surface area contributed by atoms with E-state index in [2.05, 4.69) is 37.9 Å². The van der Waals surface area contributed by atoms with E-state index in [9.17, 15) is 0 Å². The van der Waals surface area contributed by atoms with Gasteiger partial charge in [0.2, 0.25) is 0 Å². The van der Waals surface area contributed by atoms with Gasteiger partial charge in [-0.1, -0.05) is 31.9 Å². The monoisotopic (exact) mass is 254 g/mol.